The molecule has 0 atom stereocenters. The van der Waals surface area contributed by atoms with Crippen LogP contribution in [0.25, 0.3) is 22.2 Å². The molecule has 0 aliphatic heterocycles. The lowest BCUT2D eigenvalue weighted by Gasteiger charge is -2.01. The van der Waals surface area contributed by atoms with Crippen LogP contribution in [0.3, 0.4) is 0 Å². The normalized spacial score (nSPS) is 10.9. The standard InChI is InChI=1S/C13H8FNOS/c14-9-4-1-3-8(7-9)10-5-2-6-11-12(10)15-13(17)16-11/h1-7H,(H,15,17). The van der Waals surface area contributed by atoms with Gasteiger partial charge >= 0.3 is 0 Å². The van der Waals surface area contributed by atoms with Gasteiger partial charge in [-0.3, -0.25) is 0 Å². The Balaban J connectivity index is 2.30. The SMILES string of the molecule is Fc1cccc(-c2cccc3oc(S)nc23)c1. The number of para-hydroxylation sites is 1. The molecule has 0 bridgehead atoms. The third kappa shape index (κ3) is 1.80. The van der Waals surface area contributed by atoms with Gasteiger partial charge in [0.2, 0.25) is 0 Å². The van der Waals surface area contributed by atoms with E-state index in [4.69, 9.17) is 4.42 Å². The van der Waals surface area contributed by atoms with E-state index in [1.54, 1.807) is 6.07 Å². The molecule has 0 N–H and O–H groups in total. The highest BCUT2D eigenvalue weighted by molar-refractivity contribution is 7.80. The highest BCUT2D eigenvalue weighted by Crippen LogP contribution is 2.29. The van der Waals surface area contributed by atoms with Crippen LogP contribution in [0.5, 0.6) is 0 Å². The maximum Gasteiger partial charge on any atom is 0.253 e. The fourth-order valence-corrected chi connectivity index (χ4v) is 2.02. The molecule has 1 aromatic heterocycles. The second-order valence-corrected chi connectivity index (χ2v) is 4.04. The number of aromatic nitrogens is 1. The first-order valence-corrected chi connectivity index (χ1v) is 5.53. The Morgan fingerprint density at radius 3 is 2.76 bits per heavy atom. The summed E-state index contributed by atoms with van der Waals surface area (Å²) in [6.45, 7) is 0. The molecule has 0 unspecified atom stereocenters. The Labute approximate surface area is 103 Å². The molecule has 84 valence electrons. The van der Waals surface area contributed by atoms with E-state index in [0.29, 0.717) is 16.3 Å². The minimum Gasteiger partial charge on any atom is -0.432 e. The molecule has 0 saturated heterocycles. The molecule has 2 aromatic carbocycles. The van der Waals surface area contributed by atoms with Gasteiger partial charge < -0.3 is 4.42 Å². The van der Waals surface area contributed by atoms with Gasteiger partial charge in [-0.25, -0.2) is 9.37 Å². The molecule has 1 heterocycles. The molecule has 17 heavy (non-hydrogen) atoms. The van der Waals surface area contributed by atoms with Gasteiger partial charge in [-0.15, -0.1) is 0 Å². The molecule has 2 nitrogen and oxygen atoms in total. The van der Waals surface area contributed by atoms with Gasteiger partial charge in [0.15, 0.2) is 5.58 Å². The van der Waals surface area contributed by atoms with Crippen molar-refractivity contribution in [3.8, 4) is 11.1 Å². The molecule has 0 fully saturated rings. The Morgan fingerprint density at radius 1 is 1.12 bits per heavy atom. The number of rotatable bonds is 1. The van der Waals surface area contributed by atoms with Gasteiger partial charge in [-0.1, -0.05) is 36.9 Å². The summed E-state index contributed by atoms with van der Waals surface area (Å²) in [5, 5.41) is 0.309. The van der Waals surface area contributed by atoms with Crippen LogP contribution in [0.2, 0.25) is 0 Å². The van der Waals surface area contributed by atoms with Crippen LogP contribution in [0, 0.1) is 5.82 Å². The van der Waals surface area contributed by atoms with Crippen molar-refractivity contribution in [1.29, 1.82) is 0 Å². The number of fused-ring (bicyclic) bond motifs is 1. The van der Waals surface area contributed by atoms with Crippen molar-refractivity contribution in [2.75, 3.05) is 0 Å². The van der Waals surface area contributed by atoms with Crippen molar-refractivity contribution in [2.45, 2.75) is 5.22 Å². The lowest BCUT2D eigenvalue weighted by atomic mass is 10.0. The van der Waals surface area contributed by atoms with Gasteiger partial charge in [0.25, 0.3) is 5.22 Å². The van der Waals surface area contributed by atoms with Crippen LogP contribution in [0.15, 0.2) is 52.1 Å². The monoisotopic (exact) mass is 245 g/mol. The number of oxazole rings is 1. The van der Waals surface area contributed by atoms with E-state index in [2.05, 4.69) is 17.6 Å². The molecule has 0 spiro atoms. The molecule has 0 aliphatic rings. The smallest absolute Gasteiger partial charge is 0.253 e. The number of benzene rings is 2. The maximum absolute atomic E-state index is 13.2. The first-order valence-electron chi connectivity index (χ1n) is 5.08. The molecule has 0 aliphatic carbocycles. The molecule has 3 aromatic rings. The van der Waals surface area contributed by atoms with E-state index in [9.17, 15) is 4.39 Å². The van der Waals surface area contributed by atoms with Crippen molar-refractivity contribution in [1.82, 2.24) is 4.98 Å². The molecular weight excluding hydrogens is 237 g/mol. The van der Waals surface area contributed by atoms with E-state index < -0.39 is 0 Å². The Hall–Kier alpha value is -1.81. The molecule has 3 rings (SSSR count). The zero-order valence-corrected chi connectivity index (χ0v) is 9.62. The van der Waals surface area contributed by atoms with Crippen molar-refractivity contribution in [3.05, 3.63) is 48.3 Å². The van der Waals surface area contributed by atoms with E-state index in [-0.39, 0.29) is 5.82 Å². The van der Waals surface area contributed by atoms with Gasteiger partial charge in [0.1, 0.15) is 11.3 Å². The van der Waals surface area contributed by atoms with Gasteiger partial charge in [0.05, 0.1) is 0 Å². The highest BCUT2D eigenvalue weighted by Gasteiger charge is 2.09. The van der Waals surface area contributed by atoms with Crippen molar-refractivity contribution < 1.29 is 8.81 Å². The maximum atomic E-state index is 13.2. The second-order valence-electron chi connectivity index (χ2n) is 3.66. The largest absolute Gasteiger partial charge is 0.432 e. The van der Waals surface area contributed by atoms with Crippen molar-refractivity contribution in [3.63, 3.8) is 0 Å². The number of nitrogens with zero attached hydrogens (tertiary/aromatic N) is 1. The van der Waals surface area contributed by atoms with Crippen LogP contribution in [-0.4, -0.2) is 4.98 Å². The third-order valence-corrected chi connectivity index (χ3v) is 2.73. The van der Waals surface area contributed by atoms with Crippen LogP contribution >= 0.6 is 12.6 Å². The lowest BCUT2D eigenvalue weighted by molar-refractivity contribution is 0.492. The second kappa shape index (κ2) is 3.89. The number of halogens is 1. The number of hydrogen-bond acceptors (Lipinski definition) is 3. The fourth-order valence-electron chi connectivity index (χ4n) is 1.83. The van der Waals surface area contributed by atoms with E-state index in [0.717, 1.165) is 11.1 Å². The Bertz CT molecular complexity index is 693. The summed E-state index contributed by atoms with van der Waals surface area (Å²) in [6.07, 6.45) is 0. The van der Waals surface area contributed by atoms with Crippen LogP contribution < -0.4 is 0 Å². The van der Waals surface area contributed by atoms with Gasteiger partial charge in [-0.05, 0) is 23.8 Å². The van der Waals surface area contributed by atoms with Crippen LogP contribution in [0.1, 0.15) is 0 Å². The van der Waals surface area contributed by atoms with E-state index in [1.807, 2.05) is 24.3 Å². The minimum atomic E-state index is -0.269. The lowest BCUT2D eigenvalue weighted by Crippen LogP contribution is -1.82. The quantitative estimate of drug-likeness (QED) is 0.657. The predicted molar refractivity (Wildman–Crippen MR) is 66.7 cm³/mol. The number of thiol groups is 1. The van der Waals surface area contributed by atoms with Crippen molar-refractivity contribution >= 4 is 23.7 Å². The van der Waals surface area contributed by atoms with Gasteiger partial charge in [-0.2, -0.15) is 0 Å². The van der Waals surface area contributed by atoms with E-state index in [1.165, 1.54) is 12.1 Å². The Morgan fingerprint density at radius 2 is 1.94 bits per heavy atom. The summed E-state index contributed by atoms with van der Waals surface area (Å²) < 4.78 is 18.5. The van der Waals surface area contributed by atoms with Crippen LogP contribution in [0.4, 0.5) is 4.39 Å². The summed E-state index contributed by atoms with van der Waals surface area (Å²) in [6, 6.07) is 11.9. The Kier molecular flexibility index (Phi) is 2.37. The molecule has 0 radical (unpaired) electrons. The molecule has 4 heteroatoms. The predicted octanol–water partition coefficient (Wildman–Crippen LogP) is 3.92. The van der Waals surface area contributed by atoms with E-state index >= 15 is 0 Å². The van der Waals surface area contributed by atoms with Crippen LogP contribution in [-0.2, 0) is 0 Å². The topological polar surface area (TPSA) is 26.0 Å². The molecular formula is C13H8FNOS. The number of hydrogen-bond donors (Lipinski definition) is 1. The zero-order valence-electron chi connectivity index (χ0n) is 8.72. The first-order chi connectivity index (χ1) is 8.24. The summed E-state index contributed by atoms with van der Waals surface area (Å²) in [7, 11) is 0. The fraction of sp³-hybridized carbons (Fsp3) is 0. The highest BCUT2D eigenvalue weighted by atomic mass is 32.1. The molecule has 0 saturated carbocycles. The summed E-state index contributed by atoms with van der Waals surface area (Å²) >= 11 is 4.07. The average Bonchev–Trinajstić information content (AvgIpc) is 2.68. The molecule has 0 amide bonds. The van der Waals surface area contributed by atoms with Crippen molar-refractivity contribution in [2.24, 2.45) is 0 Å². The third-order valence-electron chi connectivity index (χ3n) is 2.54. The summed E-state index contributed by atoms with van der Waals surface area (Å²) in [5.41, 5.74) is 2.96. The first kappa shape index (κ1) is 10.4. The minimum absolute atomic E-state index is 0.269. The zero-order chi connectivity index (χ0) is 11.8. The average molecular weight is 245 g/mol. The summed E-state index contributed by atoms with van der Waals surface area (Å²) in [4.78, 5) is 4.19. The summed E-state index contributed by atoms with van der Waals surface area (Å²) in [5.74, 6) is -0.269. The van der Waals surface area contributed by atoms with Gasteiger partial charge in [0, 0.05) is 5.56 Å².